The van der Waals surface area contributed by atoms with Crippen molar-refractivity contribution in [3.05, 3.63) is 72.6 Å². The highest BCUT2D eigenvalue weighted by Gasteiger charge is 2.27. The summed E-state index contributed by atoms with van der Waals surface area (Å²) in [6.07, 6.45) is 5.55. The minimum atomic E-state index is -0.0641. The molecule has 2 aromatic carbocycles. The summed E-state index contributed by atoms with van der Waals surface area (Å²) < 4.78 is 0. The Bertz CT molecular complexity index is 940. The summed E-state index contributed by atoms with van der Waals surface area (Å²) in [4.78, 5) is 24.0. The van der Waals surface area contributed by atoms with Gasteiger partial charge < -0.3 is 10.2 Å². The fourth-order valence-corrected chi connectivity index (χ4v) is 3.58. The van der Waals surface area contributed by atoms with Crippen molar-refractivity contribution < 1.29 is 4.79 Å². The number of rotatable bonds is 4. The van der Waals surface area contributed by atoms with E-state index in [1.165, 1.54) is 0 Å². The summed E-state index contributed by atoms with van der Waals surface area (Å²) in [7, 11) is 0. The van der Waals surface area contributed by atoms with Crippen molar-refractivity contribution in [3.63, 3.8) is 0 Å². The number of carbonyl (C=O) groups is 1. The van der Waals surface area contributed by atoms with Crippen molar-refractivity contribution >= 4 is 17.5 Å². The maximum absolute atomic E-state index is 12.8. The first-order valence-electron chi connectivity index (χ1n) is 9.69. The van der Waals surface area contributed by atoms with Crippen LogP contribution in [0, 0.1) is 12.8 Å². The summed E-state index contributed by atoms with van der Waals surface area (Å²) in [6.45, 7) is 3.52. The molecule has 3 aromatic rings. The number of amides is 1. The number of aromatic nitrogens is 2. The van der Waals surface area contributed by atoms with Crippen LogP contribution in [0.25, 0.3) is 11.1 Å². The van der Waals surface area contributed by atoms with Gasteiger partial charge in [0.25, 0.3) is 0 Å². The minimum absolute atomic E-state index is 0.0641. The molecule has 5 nitrogen and oxygen atoms in total. The Balaban J connectivity index is 1.43. The zero-order chi connectivity index (χ0) is 19.3. The number of piperidine rings is 1. The quantitative estimate of drug-likeness (QED) is 0.741. The highest BCUT2D eigenvalue weighted by molar-refractivity contribution is 5.93. The van der Waals surface area contributed by atoms with Gasteiger partial charge in [0.1, 0.15) is 0 Å². The number of hydrogen-bond acceptors (Lipinski definition) is 4. The van der Waals surface area contributed by atoms with E-state index in [0.717, 1.165) is 41.8 Å². The number of carbonyl (C=O) groups excluding carboxylic acids is 1. The first-order valence-corrected chi connectivity index (χ1v) is 9.69. The monoisotopic (exact) mass is 372 g/mol. The first kappa shape index (κ1) is 18.2. The second-order valence-corrected chi connectivity index (χ2v) is 7.23. The lowest BCUT2D eigenvalue weighted by atomic mass is 9.97. The maximum atomic E-state index is 12.8. The molecule has 0 unspecified atom stereocenters. The Hall–Kier alpha value is -3.21. The van der Waals surface area contributed by atoms with Gasteiger partial charge in [0.05, 0.1) is 5.92 Å². The van der Waals surface area contributed by atoms with E-state index in [-0.39, 0.29) is 11.8 Å². The second kappa shape index (κ2) is 8.21. The number of anilines is 2. The third-order valence-electron chi connectivity index (χ3n) is 5.22. The molecule has 0 spiro atoms. The van der Waals surface area contributed by atoms with Crippen LogP contribution >= 0.6 is 0 Å². The predicted octanol–water partition coefficient (Wildman–Crippen LogP) is 4.31. The summed E-state index contributed by atoms with van der Waals surface area (Å²) in [5.41, 5.74) is 4.05. The molecule has 0 saturated carbocycles. The van der Waals surface area contributed by atoms with E-state index in [1.807, 2.05) is 73.9 Å². The van der Waals surface area contributed by atoms with Gasteiger partial charge in [-0.15, -0.1) is 0 Å². The Labute approximate surface area is 165 Å². The molecule has 1 N–H and O–H groups in total. The molecule has 0 bridgehead atoms. The average Bonchev–Trinajstić information content (AvgIpc) is 2.76. The second-order valence-electron chi connectivity index (χ2n) is 7.23. The van der Waals surface area contributed by atoms with Crippen LogP contribution in [0.4, 0.5) is 11.6 Å². The number of para-hydroxylation sites is 1. The molecule has 2 heterocycles. The SMILES string of the molecule is Cc1ccccc1NC(=O)[C@@H]1CCCN(c2ncc(-c3ccccc3)cn2)C1. The van der Waals surface area contributed by atoms with Crippen LogP contribution in [0.2, 0.25) is 0 Å². The fourth-order valence-electron chi connectivity index (χ4n) is 3.58. The summed E-state index contributed by atoms with van der Waals surface area (Å²) >= 11 is 0. The molecule has 1 fully saturated rings. The third kappa shape index (κ3) is 4.03. The largest absolute Gasteiger partial charge is 0.340 e. The fraction of sp³-hybridized carbons (Fsp3) is 0.261. The molecule has 1 aliphatic rings. The highest BCUT2D eigenvalue weighted by Crippen LogP contribution is 2.24. The standard InChI is InChI=1S/C23H24N4O/c1-17-8-5-6-12-21(17)26-22(28)19-11-7-13-27(16-19)23-24-14-20(15-25-23)18-9-3-2-4-10-18/h2-6,8-10,12,14-15,19H,7,11,13,16H2,1H3,(H,26,28)/t19-/m1/s1. The van der Waals surface area contributed by atoms with Crippen LogP contribution < -0.4 is 10.2 Å². The molecule has 1 atom stereocenters. The zero-order valence-corrected chi connectivity index (χ0v) is 16.0. The molecule has 142 valence electrons. The summed E-state index contributed by atoms with van der Waals surface area (Å²) in [5.74, 6) is 0.693. The summed E-state index contributed by atoms with van der Waals surface area (Å²) in [5, 5.41) is 3.08. The van der Waals surface area contributed by atoms with E-state index in [4.69, 9.17) is 0 Å². The lowest BCUT2D eigenvalue weighted by molar-refractivity contribution is -0.120. The van der Waals surface area contributed by atoms with E-state index < -0.39 is 0 Å². The van der Waals surface area contributed by atoms with Gasteiger partial charge >= 0.3 is 0 Å². The minimum Gasteiger partial charge on any atom is -0.340 e. The normalized spacial score (nSPS) is 16.6. The first-order chi connectivity index (χ1) is 13.7. The van der Waals surface area contributed by atoms with Gasteiger partial charge in [-0.05, 0) is 37.0 Å². The molecule has 0 aliphatic carbocycles. The molecular formula is C23H24N4O. The van der Waals surface area contributed by atoms with E-state index in [0.29, 0.717) is 12.5 Å². The van der Waals surface area contributed by atoms with Crippen molar-refractivity contribution in [2.75, 3.05) is 23.3 Å². The number of nitrogens with zero attached hydrogens (tertiary/aromatic N) is 3. The molecule has 4 rings (SSSR count). The van der Waals surface area contributed by atoms with Crippen molar-refractivity contribution in [2.45, 2.75) is 19.8 Å². The number of hydrogen-bond donors (Lipinski definition) is 1. The van der Waals surface area contributed by atoms with E-state index in [2.05, 4.69) is 20.2 Å². The van der Waals surface area contributed by atoms with Gasteiger partial charge in [-0.3, -0.25) is 4.79 Å². The van der Waals surface area contributed by atoms with Crippen molar-refractivity contribution in [3.8, 4) is 11.1 Å². The molecule has 5 heteroatoms. The molecule has 1 aliphatic heterocycles. The maximum Gasteiger partial charge on any atom is 0.229 e. The van der Waals surface area contributed by atoms with Gasteiger partial charge in [0, 0.05) is 36.7 Å². The molecule has 1 aromatic heterocycles. The van der Waals surface area contributed by atoms with Crippen LogP contribution in [0.15, 0.2) is 67.0 Å². The zero-order valence-electron chi connectivity index (χ0n) is 16.0. The number of benzene rings is 2. The molecular weight excluding hydrogens is 348 g/mol. The van der Waals surface area contributed by atoms with Gasteiger partial charge in [0.2, 0.25) is 11.9 Å². The third-order valence-corrected chi connectivity index (χ3v) is 5.22. The van der Waals surface area contributed by atoms with Crippen molar-refractivity contribution in [1.82, 2.24) is 9.97 Å². The topological polar surface area (TPSA) is 58.1 Å². The van der Waals surface area contributed by atoms with Crippen molar-refractivity contribution in [1.29, 1.82) is 0 Å². The Kier molecular flexibility index (Phi) is 5.33. The lowest BCUT2D eigenvalue weighted by Gasteiger charge is -2.32. The highest BCUT2D eigenvalue weighted by atomic mass is 16.1. The number of aryl methyl sites for hydroxylation is 1. The Morgan fingerprint density at radius 2 is 1.71 bits per heavy atom. The molecule has 1 saturated heterocycles. The van der Waals surface area contributed by atoms with Crippen LogP contribution in [0.3, 0.4) is 0 Å². The van der Waals surface area contributed by atoms with Gasteiger partial charge in [0.15, 0.2) is 0 Å². The molecule has 0 radical (unpaired) electrons. The van der Waals surface area contributed by atoms with E-state index in [9.17, 15) is 4.79 Å². The van der Waals surface area contributed by atoms with Crippen LogP contribution in [-0.4, -0.2) is 29.0 Å². The molecule has 1 amide bonds. The average molecular weight is 372 g/mol. The lowest BCUT2D eigenvalue weighted by Crippen LogP contribution is -2.41. The van der Waals surface area contributed by atoms with Crippen molar-refractivity contribution in [2.24, 2.45) is 5.92 Å². The number of nitrogens with one attached hydrogen (secondary N) is 1. The van der Waals surface area contributed by atoms with Crippen LogP contribution in [-0.2, 0) is 4.79 Å². The van der Waals surface area contributed by atoms with Crippen LogP contribution in [0.1, 0.15) is 18.4 Å². The van der Waals surface area contributed by atoms with E-state index >= 15 is 0 Å². The molecule has 28 heavy (non-hydrogen) atoms. The predicted molar refractivity (Wildman–Crippen MR) is 112 cm³/mol. The van der Waals surface area contributed by atoms with Crippen LogP contribution in [0.5, 0.6) is 0 Å². The smallest absolute Gasteiger partial charge is 0.229 e. The van der Waals surface area contributed by atoms with Gasteiger partial charge in [-0.2, -0.15) is 0 Å². The Morgan fingerprint density at radius 3 is 2.46 bits per heavy atom. The Morgan fingerprint density at radius 1 is 1.00 bits per heavy atom. The van der Waals surface area contributed by atoms with Gasteiger partial charge in [-0.25, -0.2) is 9.97 Å². The summed E-state index contributed by atoms with van der Waals surface area (Å²) in [6, 6.07) is 18.0. The van der Waals surface area contributed by atoms with E-state index in [1.54, 1.807) is 0 Å². The van der Waals surface area contributed by atoms with Gasteiger partial charge in [-0.1, -0.05) is 48.5 Å².